The van der Waals surface area contributed by atoms with E-state index < -0.39 is 17.8 Å². The Bertz CT molecular complexity index is 909. The highest BCUT2D eigenvalue weighted by Gasteiger charge is 2.34. The first-order valence-corrected chi connectivity index (χ1v) is 8.68. The van der Waals surface area contributed by atoms with E-state index >= 15 is 0 Å². The quantitative estimate of drug-likeness (QED) is 0.569. The maximum atomic E-state index is 13.8. The molecular weight excluding hydrogens is 427 g/mol. The van der Waals surface area contributed by atoms with Crippen LogP contribution in [0.3, 0.4) is 0 Å². The Balaban J connectivity index is 1.87. The number of urea groups is 1. The molecule has 0 radical (unpaired) electrons. The Morgan fingerprint density at radius 1 is 1.31 bits per heavy atom. The van der Waals surface area contributed by atoms with E-state index in [0.717, 1.165) is 4.90 Å². The average molecular weight is 440 g/mol. The SMILES string of the molecule is COc1c(Cl)cc(/C=C2/NC(=O)N(Cc3ccccc3F)C2=O)cc1Br. The number of halogens is 3. The number of ether oxygens (including phenoxy) is 1. The maximum Gasteiger partial charge on any atom is 0.329 e. The third kappa shape index (κ3) is 3.59. The highest BCUT2D eigenvalue weighted by Crippen LogP contribution is 2.35. The molecule has 5 nitrogen and oxygen atoms in total. The molecule has 1 heterocycles. The van der Waals surface area contributed by atoms with Crippen LogP contribution in [0.1, 0.15) is 11.1 Å². The van der Waals surface area contributed by atoms with Crippen LogP contribution in [0.4, 0.5) is 9.18 Å². The van der Waals surface area contributed by atoms with Crippen LogP contribution in [0.5, 0.6) is 5.75 Å². The van der Waals surface area contributed by atoms with Crippen molar-refractivity contribution in [3.63, 3.8) is 0 Å². The van der Waals surface area contributed by atoms with E-state index in [1.165, 1.54) is 25.3 Å². The van der Waals surface area contributed by atoms with E-state index in [-0.39, 0.29) is 17.8 Å². The van der Waals surface area contributed by atoms with E-state index in [1.807, 2.05) is 0 Å². The molecule has 0 unspecified atom stereocenters. The molecule has 0 atom stereocenters. The Labute approximate surface area is 162 Å². The van der Waals surface area contributed by atoms with Crippen molar-refractivity contribution in [2.45, 2.75) is 6.54 Å². The molecule has 2 aromatic carbocycles. The third-order valence-electron chi connectivity index (χ3n) is 3.78. The molecule has 26 heavy (non-hydrogen) atoms. The van der Waals surface area contributed by atoms with Crippen molar-refractivity contribution < 1.29 is 18.7 Å². The van der Waals surface area contributed by atoms with Crippen LogP contribution in [0, 0.1) is 5.82 Å². The second-order valence-corrected chi connectivity index (χ2v) is 6.75. The molecular formula is C18H13BrClFN2O3. The summed E-state index contributed by atoms with van der Waals surface area (Å²) in [5.41, 5.74) is 0.936. The van der Waals surface area contributed by atoms with Crippen molar-refractivity contribution in [3.8, 4) is 5.75 Å². The van der Waals surface area contributed by atoms with E-state index in [0.29, 0.717) is 20.8 Å². The highest BCUT2D eigenvalue weighted by atomic mass is 79.9. The third-order valence-corrected chi connectivity index (χ3v) is 4.65. The topological polar surface area (TPSA) is 58.6 Å². The standard InChI is InChI=1S/C18H13BrClFN2O3/c1-26-16-12(19)6-10(7-13(16)20)8-15-17(24)23(18(25)22-15)9-11-4-2-3-5-14(11)21/h2-8H,9H2,1H3,(H,22,25)/b15-8+. The number of carbonyl (C=O) groups excluding carboxylic acids is 2. The summed E-state index contributed by atoms with van der Waals surface area (Å²) in [7, 11) is 1.49. The summed E-state index contributed by atoms with van der Waals surface area (Å²) in [6.45, 7) is -0.151. The number of nitrogens with one attached hydrogen (secondary N) is 1. The van der Waals surface area contributed by atoms with Crippen molar-refractivity contribution in [1.29, 1.82) is 0 Å². The van der Waals surface area contributed by atoms with Crippen molar-refractivity contribution >= 4 is 45.5 Å². The Hall–Kier alpha value is -2.38. The van der Waals surface area contributed by atoms with Crippen LogP contribution in [0.25, 0.3) is 6.08 Å². The van der Waals surface area contributed by atoms with Crippen LogP contribution in [0.2, 0.25) is 5.02 Å². The second kappa shape index (κ2) is 7.47. The van der Waals surface area contributed by atoms with Crippen molar-refractivity contribution in [3.05, 3.63) is 68.5 Å². The lowest BCUT2D eigenvalue weighted by Gasteiger charge is -2.12. The zero-order chi connectivity index (χ0) is 18.8. The number of carbonyl (C=O) groups is 2. The van der Waals surface area contributed by atoms with Crippen molar-refractivity contribution in [2.75, 3.05) is 7.11 Å². The minimum absolute atomic E-state index is 0.0828. The van der Waals surface area contributed by atoms with Crippen LogP contribution in [0.15, 0.2) is 46.6 Å². The Kier molecular flexibility index (Phi) is 5.29. The number of hydrogen-bond donors (Lipinski definition) is 1. The molecule has 3 rings (SSSR count). The number of amides is 3. The van der Waals surface area contributed by atoms with Crippen LogP contribution in [-0.2, 0) is 11.3 Å². The largest absolute Gasteiger partial charge is 0.494 e. The van der Waals surface area contributed by atoms with Gasteiger partial charge in [0.15, 0.2) is 5.75 Å². The minimum Gasteiger partial charge on any atom is -0.494 e. The van der Waals surface area contributed by atoms with Crippen LogP contribution >= 0.6 is 27.5 Å². The molecule has 1 N–H and O–H groups in total. The van der Waals surface area contributed by atoms with Gasteiger partial charge >= 0.3 is 6.03 Å². The van der Waals surface area contributed by atoms with Gasteiger partial charge in [0, 0.05) is 5.56 Å². The van der Waals surface area contributed by atoms with Gasteiger partial charge in [-0.1, -0.05) is 29.8 Å². The number of hydrogen-bond acceptors (Lipinski definition) is 3. The van der Waals surface area contributed by atoms with E-state index in [4.69, 9.17) is 16.3 Å². The number of nitrogens with zero attached hydrogens (tertiary/aromatic N) is 1. The number of benzene rings is 2. The smallest absolute Gasteiger partial charge is 0.329 e. The molecule has 134 valence electrons. The Morgan fingerprint density at radius 2 is 2.04 bits per heavy atom. The first kappa shape index (κ1) is 18.4. The molecule has 0 spiro atoms. The Morgan fingerprint density at radius 3 is 2.69 bits per heavy atom. The zero-order valence-corrected chi connectivity index (χ0v) is 15.9. The van der Waals surface area contributed by atoms with Crippen LogP contribution < -0.4 is 10.1 Å². The van der Waals surface area contributed by atoms with Gasteiger partial charge in [0.25, 0.3) is 5.91 Å². The van der Waals surface area contributed by atoms with E-state index in [2.05, 4.69) is 21.2 Å². The average Bonchev–Trinajstić information content (AvgIpc) is 2.84. The van der Waals surface area contributed by atoms with Gasteiger partial charge in [-0.25, -0.2) is 9.18 Å². The van der Waals surface area contributed by atoms with Gasteiger partial charge in [-0.05, 0) is 45.8 Å². The molecule has 0 saturated carbocycles. The fourth-order valence-electron chi connectivity index (χ4n) is 2.54. The van der Waals surface area contributed by atoms with Gasteiger partial charge < -0.3 is 10.1 Å². The monoisotopic (exact) mass is 438 g/mol. The molecule has 1 aliphatic heterocycles. The molecule has 8 heteroatoms. The first-order chi connectivity index (χ1) is 12.4. The zero-order valence-electron chi connectivity index (χ0n) is 13.6. The lowest BCUT2D eigenvalue weighted by atomic mass is 10.1. The number of rotatable bonds is 4. The fourth-order valence-corrected chi connectivity index (χ4v) is 3.60. The molecule has 0 aromatic heterocycles. The number of imide groups is 1. The summed E-state index contributed by atoms with van der Waals surface area (Å²) < 4.78 is 19.5. The van der Waals surface area contributed by atoms with Gasteiger partial charge in [0.05, 0.1) is 23.1 Å². The predicted molar refractivity (Wildman–Crippen MR) is 99.2 cm³/mol. The molecule has 0 aliphatic carbocycles. The van der Waals surface area contributed by atoms with E-state index in [9.17, 15) is 14.0 Å². The summed E-state index contributed by atoms with van der Waals surface area (Å²) in [5, 5.41) is 2.85. The van der Waals surface area contributed by atoms with E-state index in [1.54, 1.807) is 24.3 Å². The first-order valence-electron chi connectivity index (χ1n) is 7.51. The fraction of sp³-hybridized carbons (Fsp3) is 0.111. The lowest BCUT2D eigenvalue weighted by molar-refractivity contribution is -0.123. The molecule has 0 bridgehead atoms. The lowest BCUT2D eigenvalue weighted by Crippen LogP contribution is -2.30. The summed E-state index contributed by atoms with van der Waals surface area (Å²) in [5.74, 6) is -0.547. The maximum absolute atomic E-state index is 13.8. The summed E-state index contributed by atoms with van der Waals surface area (Å²) >= 11 is 9.47. The summed E-state index contributed by atoms with van der Waals surface area (Å²) in [6.07, 6.45) is 1.50. The molecule has 1 fully saturated rings. The van der Waals surface area contributed by atoms with Crippen molar-refractivity contribution in [1.82, 2.24) is 10.2 Å². The normalized spacial score (nSPS) is 15.5. The predicted octanol–water partition coefficient (Wildman–Crippen LogP) is 4.34. The summed E-state index contributed by atoms with van der Waals surface area (Å²) in [4.78, 5) is 25.6. The summed E-state index contributed by atoms with van der Waals surface area (Å²) in [6, 6.07) is 8.70. The van der Waals surface area contributed by atoms with Gasteiger partial charge in [-0.2, -0.15) is 0 Å². The molecule has 1 aliphatic rings. The number of methoxy groups -OCH3 is 1. The minimum atomic E-state index is -0.608. The second-order valence-electron chi connectivity index (χ2n) is 5.49. The molecule has 2 aromatic rings. The van der Waals surface area contributed by atoms with Gasteiger partial charge in [0.1, 0.15) is 11.5 Å². The van der Waals surface area contributed by atoms with Crippen molar-refractivity contribution in [2.24, 2.45) is 0 Å². The van der Waals surface area contributed by atoms with Gasteiger partial charge in [-0.3, -0.25) is 9.69 Å². The van der Waals surface area contributed by atoms with Crippen LogP contribution in [-0.4, -0.2) is 23.9 Å². The molecule has 1 saturated heterocycles. The molecule has 3 amide bonds. The van der Waals surface area contributed by atoms with Gasteiger partial charge in [-0.15, -0.1) is 0 Å². The van der Waals surface area contributed by atoms with Gasteiger partial charge in [0.2, 0.25) is 0 Å². The highest BCUT2D eigenvalue weighted by molar-refractivity contribution is 9.10.